The number of aryl methyl sites for hydroxylation is 1. The second-order valence-electron chi connectivity index (χ2n) is 4.42. The highest BCUT2D eigenvalue weighted by atomic mass is 35.5. The van der Waals surface area contributed by atoms with Gasteiger partial charge in [-0.3, -0.25) is 4.79 Å². The average molecular weight is 341 g/mol. The van der Waals surface area contributed by atoms with E-state index in [0.717, 1.165) is 5.56 Å². The van der Waals surface area contributed by atoms with E-state index in [0.29, 0.717) is 26.3 Å². The number of hydrogen-bond acceptors (Lipinski definition) is 1. The molecule has 0 radical (unpaired) electrons. The van der Waals surface area contributed by atoms with Crippen LogP contribution in [0.2, 0.25) is 15.1 Å². The fourth-order valence-electron chi connectivity index (χ4n) is 1.68. The molecule has 0 aliphatic carbocycles. The van der Waals surface area contributed by atoms with Gasteiger partial charge in [-0.15, -0.1) is 0 Å². The van der Waals surface area contributed by atoms with Gasteiger partial charge in [0, 0.05) is 32.4 Å². The van der Waals surface area contributed by atoms with Gasteiger partial charge in [0.25, 0.3) is 0 Å². The molecule has 1 amide bonds. The molecule has 2 aromatic rings. The molecular formula is C16H12Cl3NO. The van der Waals surface area contributed by atoms with Crippen LogP contribution >= 0.6 is 34.8 Å². The number of rotatable bonds is 3. The first-order valence-corrected chi connectivity index (χ1v) is 7.30. The van der Waals surface area contributed by atoms with Gasteiger partial charge in [0.15, 0.2) is 0 Å². The van der Waals surface area contributed by atoms with E-state index in [-0.39, 0.29) is 5.91 Å². The average Bonchev–Trinajstić information content (AvgIpc) is 2.42. The summed E-state index contributed by atoms with van der Waals surface area (Å²) in [4.78, 5) is 11.9. The molecule has 0 fully saturated rings. The highest BCUT2D eigenvalue weighted by Gasteiger charge is 2.04. The molecule has 0 bridgehead atoms. The number of carbonyl (C=O) groups excluding carboxylic acids is 1. The monoisotopic (exact) mass is 339 g/mol. The Morgan fingerprint density at radius 1 is 1.05 bits per heavy atom. The Balaban J connectivity index is 2.11. The molecule has 21 heavy (non-hydrogen) atoms. The minimum atomic E-state index is -0.286. The quantitative estimate of drug-likeness (QED) is 0.723. The fraction of sp³-hybridized carbons (Fsp3) is 0.0625. The normalized spacial score (nSPS) is 10.9. The maximum absolute atomic E-state index is 11.9. The van der Waals surface area contributed by atoms with Crippen molar-refractivity contribution >= 4 is 52.5 Å². The molecule has 5 heteroatoms. The van der Waals surface area contributed by atoms with Crippen LogP contribution in [0, 0.1) is 6.92 Å². The lowest BCUT2D eigenvalue weighted by Crippen LogP contribution is -2.07. The Morgan fingerprint density at radius 3 is 2.33 bits per heavy atom. The van der Waals surface area contributed by atoms with E-state index in [1.807, 2.05) is 13.0 Å². The molecule has 0 spiro atoms. The SMILES string of the molecule is Cc1ccc(NC(=O)/C=C/c2c(Cl)cccc2Cl)cc1Cl. The van der Waals surface area contributed by atoms with Crippen molar-refractivity contribution in [1.29, 1.82) is 0 Å². The van der Waals surface area contributed by atoms with Gasteiger partial charge < -0.3 is 5.32 Å². The molecule has 2 aromatic carbocycles. The summed E-state index contributed by atoms with van der Waals surface area (Å²) in [5.74, 6) is -0.286. The van der Waals surface area contributed by atoms with E-state index in [2.05, 4.69) is 5.32 Å². The van der Waals surface area contributed by atoms with Crippen molar-refractivity contribution in [3.63, 3.8) is 0 Å². The van der Waals surface area contributed by atoms with Gasteiger partial charge in [-0.1, -0.05) is 46.9 Å². The Bertz CT molecular complexity index is 690. The second kappa shape index (κ2) is 6.99. The molecule has 0 saturated heterocycles. The van der Waals surface area contributed by atoms with Crippen molar-refractivity contribution < 1.29 is 4.79 Å². The van der Waals surface area contributed by atoms with Crippen LogP contribution in [0.5, 0.6) is 0 Å². The number of amides is 1. The maximum Gasteiger partial charge on any atom is 0.248 e. The first kappa shape index (κ1) is 15.9. The molecule has 0 aromatic heterocycles. The number of anilines is 1. The topological polar surface area (TPSA) is 29.1 Å². The second-order valence-corrected chi connectivity index (χ2v) is 5.64. The molecule has 0 unspecified atom stereocenters. The van der Waals surface area contributed by atoms with E-state index in [4.69, 9.17) is 34.8 Å². The Kier molecular flexibility index (Phi) is 5.29. The van der Waals surface area contributed by atoms with E-state index in [1.54, 1.807) is 36.4 Å². The van der Waals surface area contributed by atoms with Gasteiger partial charge in [-0.25, -0.2) is 0 Å². The van der Waals surface area contributed by atoms with Crippen LogP contribution in [0.3, 0.4) is 0 Å². The minimum Gasteiger partial charge on any atom is -0.322 e. The zero-order chi connectivity index (χ0) is 15.4. The predicted octanol–water partition coefficient (Wildman–Crippen LogP) is 5.61. The van der Waals surface area contributed by atoms with Gasteiger partial charge in [-0.05, 0) is 42.8 Å². The van der Waals surface area contributed by atoms with Crippen LogP contribution in [-0.2, 0) is 4.79 Å². The van der Waals surface area contributed by atoms with Crippen LogP contribution in [0.15, 0.2) is 42.5 Å². The largest absolute Gasteiger partial charge is 0.322 e. The molecule has 0 aliphatic heterocycles. The molecule has 0 heterocycles. The molecule has 2 nitrogen and oxygen atoms in total. The van der Waals surface area contributed by atoms with Gasteiger partial charge >= 0.3 is 0 Å². The third kappa shape index (κ3) is 4.24. The minimum absolute atomic E-state index is 0.286. The molecule has 0 saturated carbocycles. The molecule has 2 rings (SSSR count). The fourth-order valence-corrected chi connectivity index (χ4v) is 2.39. The summed E-state index contributed by atoms with van der Waals surface area (Å²) in [5, 5.41) is 4.31. The van der Waals surface area contributed by atoms with Crippen LogP contribution in [-0.4, -0.2) is 5.91 Å². The summed E-state index contributed by atoms with van der Waals surface area (Å²) in [6.45, 7) is 1.90. The summed E-state index contributed by atoms with van der Waals surface area (Å²) in [6.07, 6.45) is 2.96. The van der Waals surface area contributed by atoms with Crippen LogP contribution in [0.1, 0.15) is 11.1 Å². The van der Waals surface area contributed by atoms with Crippen molar-refractivity contribution in [3.8, 4) is 0 Å². The van der Waals surface area contributed by atoms with Gasteiger partial charge in [-0.2, -0.15) is 0 Å². The van der Waals surface area contributed by atoms with Crippen molar-refractivity contribution in [2.75, 3.05) is 5.32 Å². The van der Waals surface area contributed by atoms with Crippen LogP contribution in [0.25, 0.3) is 6.08 Å². The summed E-state index contributed by atoms with van der Waals surface area (Å²) < 4.78 is 0. The highest BCUT2D eigenvalue weighted by molar-refractivity contribution is 6.37. The highest BCUT2D eigenvalue weighted by Crippen LogP contribution is 2.25. The standard InChI is InChI=1S/C16H12Cl3NO/c1-10-5-6-11(9-15(10)19)20-16(21)8-7-12-13(17)3-2-4-14(12)18/h2-9H,1H3,(H,20,21)/b8-7+. The van der Waals surface area contributed by atoms with Crippen LogP contribution in [0.4, 0.5) is 5.69 Å². The number of nitrogens with one attached hydrogen (secondary N) is 1. The van der Waals surface area contributed by atoms with Crippen LogP contribution < -0.4 is 5.32 Å². The van der Waals surface area contributed by atoms with E-state index in [9.17, 15) is 4.79 Å². The van der Waals surface area contributed by atoms with E-state index < -0.39 is 0 Å². The molecular weight excluding hydrogens is 329 g/mol. The van der Waals surface area contributed by atoms with E-state index in [1.165, 1.54) is 6.08 Å². The zero-order valence-corrected chi connectivity index (χ0v) is 13.4. The Labute approximate surface area is 138 Å². The van der Waals surface area contributed by atoms with Crippen molar-refractivity contribution in [1.82, 2.24) is 0 Å². The Hall–Kier alpha value is -1.48. The first-order valence-electron chi connectivity index (χ1n) is 6.16. The number of carbonyl (C=O) groups is 1. The van der Waals surface area contributed by atoms with E-state index >= 15 is 0 Å². The summed E-state index contributed by atoms with van der Waals surface area (Å²) in [6, 6.07) is 10.5. The summed E-state index contributed by atoms with van der Waals surface area (Å²) >= 11 is 18.1. The first-order chi connectivity index (χ1) is 9.97. The predicted molar refractivity (Wildman–Crippen MR) is 90.3 cm³/mol. The van der Waals surface area contributed by atoms with Crippen molar-refractivity contribution in [3.05, 3.63) is 68.7 Å². The Morgan fingerprint density at radius 2 is 1.71 bits per heavy atom. The lowest BCUT2D eigenvalue weighted by Gasteiger charge is -2.05. The number of benzene rings is 2. The maximum atomic E-state index is 11.9. The molecule has 1 N–H and O–H groups in total. The third-order valence-corrected chi connectivity index (χ3v) is 3.91. The number of halogens is 3. The van der Waals surface area contributed by atoms with Crippen molar-refractivity contribution in [2.24, 2.45) is 0 Å². The van der Waals surface area contributed by atoms with Crippen molar-refractivity contribution in [2.45, 2.75) is 6.92 Å². The lowest BCUT2D eigenvalue weighted by molar-refractivity contribution is -0.111. The summed E-state index contributed by atoms with van der Waals surface area (Å²) in [5.41, 5.74) is 2.19. The zero-order valence-electron chi connectivity index (χ0n) is 11.2. The van der Waals surface area contributed by atoms with Gasteiger partial charge in [0.2, 0.25) is 5.91 Å². The number of hydrogen-bond donors (Lipinski definition) is 1. The summed E-state index contributed by atoms with van der Waals surface area (Å²) in [7, 11) is 0. The smallest absolute Gasteiger partial charge is 0.248 e. The molecule has 0 aliphatic rings. The lowest BCUT2D eigenvalue weighted by atomic mass is 10.2. The molecule has 108 valence electrons. The molecule has 0 atom stereocenters. The van der Waals surface area contributed by atoms with Gasteiger partial charge in [0.1, 0.15) is 0 Å². The third-order valence-electron chi connectivity index (χ3n) is 2.84. The van der Waals surface area contributed by atoms with Gasteiger partial charge in [0.05, 0.1) is 0 Å².